The van der Waals surface area contributed by atoms with Gasteiger partial charge in [0.2, 0.25) is 0 Å². The lowest BCUT2D eigenvalue weighted by atomic mass is 9.85. The molecule has 3 fully saturated rings. The van der Waals surface area contributed by atoms with E-state index in [0.29, 0.717) is 5.54 Å². The van der Waals surface area contributed by atoms with Gasteiger partial charge in [0.05, 0.1) is 5.60 Å². The minimum atomic E-state index is -0.000903. The van der Waals surface area contributed by atoms with Gasteiger partial charge in [-0.2, -0.15) is 0 Å². The van der Waals surface area contributed by atoms with Crippen molar-refractivity contribution in [2.45, 2.75) is 82.6 Å². The number of piperidine rings is 1. The molecule has 3 heteroatoms. The van der Waals surface area contributed by atoms with E-state index in [1.807, 2.05) is 0 Å². The summed E-state index contributed by atoms with van der Waals surface area (Å²) in [5.41, 5.74) is 0.476. The highest BCUT2D eigenvalue weighted by Crippen LogP contribution is 2.42. The molecule has 2 spiro atoms. The average Bonchev–Trinajstić information content (AvgIpc) is 2.68. The van der Waals surface area contributed by atoms with E-state index in [1.165, 1.54) is 32.1 Å². The van der Waals surface area contributed by atoms with E-state index in [4.69, 9.17) is 4.74 Å². The molecule has 0 amide bonds. The molecule has 0 aromatic heterocycles. The van der Waals surface area contributed by atoms with Crippen LogP contribution in [0.5, 0.6) is 0 Å². The van der Waals surface area contributed by atoms with Crippen LogP contribution in [-0.4, -0.2) is 41.4 Å². The van der Waals surface area contributed by atoms with Crippen molar-refractivity contribution in [1.82, 2.24) is 10.2 Å². The molecule has 0 radical (unpaired) electrons. The molecular weight excluding hydrogens is 236 g/mol. The van der Waals surface area contributed by atoms with Crippen molar-refractivity contribution in [1.29, 1.82) is 0 Å². The first kappa shape index (κ1) is 13.8. The SMILES string of the molecule is CC(C)(C)N1CCC2(CC1)NCC1(CCCCC1)O2. The van der Waals surface area contributed by atoms with Crippen LogP contribution in [0.4, 0.5) is 0 Å². The second-order valence-corrected chi connectivity index (χ2v) is 7.85. The predicted octanol–water partition coefficient (Wildman–Crippen LogP) is 2.90. The molecule has 0 bridgehead atoms. The standard InChI is InChI=1S/C16H30N2O/c1-14(2,3)18-11-9-16(10-12-18)17-13-15(19-16)7-5-4-6-8-15/h17H,4-13H2,1-3H3. The van der Waals surface area contributed by atoms with Crippen LogP contribution in [0.1, 0.15) is 65.7 Å². The van der Waals surface area contributed by atoms with Crippen LogP contribution < -0.4 is 5.32 Å². The highest BCUT2D eigenvalue weighted by Gasteiger charge is 2.50. The van der Waals surface area contributed by atoms with Gasteiger partial charge in [0.1, 0.15) is 5.72 Å². The number of ether oxygens (including phenoxy) is 1. The van der Waals surface area contributed by atoms with E-state index in [1.54, 1.807) is 0 Å². The third-order valence-corrected chi connectivity index (χ3v) is 5.43. The maximum Gasteiger partial charge on any atom is 0.122 e. The normalized spacial score (nSPS) is 31.1. The van der Waals surface area contributed by atoms with Crippen molar-refractivity contribution >= 4 is 0 Å². The molecule has 0 aromatic carbocycles. The monoisotopic (exact) mass is 266 g/mol. The van der Waals surface area contributed by atoms with E-state index in [-0.39, 0.29) is 11.3 Å². The van der Waals surface area contributed by atoms with Crippen molar-refractivity contribution in [3.8, 4) is 0 Å². The average molecular weight is 266 g/mol. The fourth-order valence-corrected chi connectivity index (χ4v) is 4.10. The Morgan fingerprint density at radius 1 is 0.947 bits per heavy atom. The Morgan fingerprint density at radius 3 is 2.16 bits per heavy atom. The van der Waals surface area contributed by atoms with Crippen molar-refractivity contribution in [2.24, 2.45) is 0 Å². The van der Waals surface area contributed by atoms with E-state index in [2.05, 4.69) is 31.0 Å². The maximum atomic E-state index is 6.64. The van der Waals surface area contributed by atoms with Crippen LogP contribution in [0, 0.1) is 0 Å². The molecule has 3 aliphatic rings. The smallest absolute Gasteiger partial charge is 0.122 e. The minimum absolute atomic E-state index is 0.000903. The molecule has 3 nitrogen and oxygen atoms in total. The summed E-state index contributed by atoms with van der Waals surface area (Å²) in [5, 5.41) is 3.76. The zero-order chi connectivity index (χ0) is 13.6. The van der Waals surface area contributed by atoms with Crippen molar-refractivity contribution in [3.63, 3.8) is 0 Å². The largest absolute Gasteiger partial charge is 0.353 e. The lowest BCUT2D eigenvalue weighted by Gasteiger charge is -2.45. The first-order chi connectivity index (χ1) is 8.93. The van der Waals surface area contributed by atoms with Crippen molar-refractivity contribution < 1.29 is 4.74 Å². The van der Waals surface area contributed by atoms with Gasteiger partial charge in [-0.15, -0.1) is 0 Å². The number of nitrogens with zero attached hydrogens (tertiary/aromatic N) is 1. The first-order valence-electron chi connectivity index (χ1n) is 8.14. The lowest BCUT2D eigenvalue weighted by molar-refractivity contribution is -0.148. The fraction of sp³-hybridized carbons (Fsp3) is 1.00. The predicted molar refractivity (Wildman–Crippen MR) is 78.2 cm³/mol. The van der Waals surface area contributed by atoms with Crippen LogP contribution in [-0.2, 0) is 4.74 Å². The Kier molecular flexibility index (Phi) is 3.43. The number of hydrogen-bond donors (Lipinski definition) is 1. The van der Waals surface area contributed by atoms with Gasteiger partial charge in [-0.3, -0.25) is 10.2 Å². The summed E-state index contributed by atoms with van der Waals surface area (Å²) in [7, 11) is 0. The van der Waals surface area contributed by atoms with E-state index < -0.39 is 0 Å². The Balaban J connectivity index is 1.62. The summed E-state index contributed by atoms with van der Waals surface area (Å²) in [6.07, 6.45) is 8.93. The molecule has 1 N–H and O–H groups in total. The van der Waals surface area contributed by atoms with Gasteiger partial charge < -0.3 is 4.74 Å². The highest BCUT2D eigenvalue weighted by atomic mass is 16.6. The van der Waals surface area contributed by atoms with Crippen LogP contribution in [0.25, 0.3) is 0 Å². The van der Waals surface area contributed by atoms with Crippen LogP contribution in [0.3, 0.4) is 0 Å². The van der Waals surface area contributed by atoms with E-state index >= 15 is 0 Å². The van der Waals surface area contributed by atoms with Gasteiger partial charge in [-0.1, -0.05) is 19.3 Å². The molecule has 0 unspecified atom stereocenters. The Hall–Kier alpha value is -0.120. The molecule has 1 saturated carbocycles. The summed E-state index contributed by atoms with van der Waals surface area (Å²) >= 11 is 0. The molecule has 2 heterocycles. The van der Waals surface area contributed by atoms with E-state index in [9.17, 15) is 0 Å². The summed E-state index contributed by atoms with van der Waals surface area (Å²) in [4.78, 5) is 2.59. The second kappa shape index (κ2) is 4.71. The van der Waals surface area contributed by atoms with Gasteiger partial charge in [0, 0.05) is 38.0 Å². The molecule has 2 aliphatic heterocycles. The summed E-state index contributed by atoms with van der Waals surface area (Å²) < 4.78 is 6.64. The molecular formula is C16H30N2O. The third kappa shape index (κ3) is 2.70. The molecule has 3 rings (SSSR count). The quantitative estimate of drug-likeness (QED) is 0.729. The van der Waals surface area contributed by atoms with Gasteiger partial charge in [-0.25, -0.2) is 0 Å². The Bertz CT molecular complexity index is 320. The highest BCUT2D eigenvalue weighted by molar-refractivity contribution is 5.01. The van der Waals surface area contributed by atoms with Crippen LogP contribution in [0.2, 0.25) is 0 Å². The molecule has 0 aromatic rings. The third-order valence-electron chi connectivity index (χ3n) is 5.43. The molecule has 2 saturated heterocycles. The molecule has 0 atom stereocenters. The van der Waals surface area contributed by atoms with Crippen LogP contribution >= 0.6 is 0 Å². The Morgan fingerprint density at radius 2 is 1.58 bits per heavy atom. The zero-order valence-corrected chi connectivity index (χ0v) is 12.9. The van der Waals surface area contributed by atoms with Crippen molar-refractivity contribution in [2.75, 3.05) is 19.6 Å². The van der Waals surface area contributed by atoms with Gasteiger partial charge >= 0.3 is 0 Å². The zero-order valence-electron chi connectivity index (χ0n) is 12.9. The number of nitrogens with one attached hydrogen (secondary N) is 1. The van der Waals surface area contributed by atoms with Gasteiger partial charge in [0.25, 0.3) is 0 Å². The first-order valence-corrected chi connectivity index (χ1v) is 8.14. The molecule has 110 valence electrons. The number of likely N-dealkylation sites (tertiary alicyclic amines) is 1. The number of hydrogen-bond acceptors (Lipinski definition) is 3. The summed E-state index contributed by atoms with van der Waals surface area (Å²) in [6.45, 7) is 10.4. The minimum Gasteiger partial charge on any atom is -0.353 e. The van der Waals surface area contributed by atoms with E-state index in [0.717, 1.165) is 32.5 Å². The maximum absolute atomic E-state index is 6.64. The fourth-order valence-electron chi connectivity index (χ4n) is 4.10. The summed E-state index contributed by atoms with van der Waals surface area (Å²) in [5.74, 6) is 0. The molecule has 1 aliphatic carbocycles. The summed E-state index contributed by atoms with van der Waals surface area (Å²) in [6, 6.07) is 0. The van der Waals surface area contributed by atoms with Crippen LogP contribution in [0.15, 0.2) is 0 Å². The second-order valence-electron chi connectivity index (χ2n) is 7.85. The van der Waals surface area contributed by atoms with Gasteiger partial charge in [0.15, 0.2) is 0 Å². The van der Waals surface area contributed by atoms with Crippen molar-refractivity contribution in [3.05, 3.63) is 0 Å². The van der Waals surface area contributed by atoms with Gasteiger partial charge in [-0.05, 0) is 33.6 Å². The molecule has 19 heavy (non-hydrogen) atoms. The number of rotatable bonds is 0. The topological polar surface area (TPSA) is 24.5 Å². The Labute approximate surface area is 118 Å². The lowest BCUT2D eigenvalue weighted by Crippen LogP contribution is -2.55.